The summed E-state index contributed by atoms with van der Waals surface area (Å²) in [7, 11) is 0. The zero-order chi connectivity index (χ0) is 9.40. The Kier molecular flexibility index (Phi) is 6.07. The molecule has 0 radical (unpaired) electrons. The standard InChI is InChI=1S/C10H16O2/c1-3-4-5-9(2)10(8-12)6-7-11/h3,6-11H,1,4-5H2,2H3. The van der Waals surface area contributed by atoms with Gasteiger partial charge in [0.15, 0.2) is 0 Å². The Balaban J connectivity index is 3.92. The molecule has 0 spiro atoms. The predicted octanol–water partition coefficient (Wildman–Crippen LogP) is 2.48. The Morgan fingerprint density at radius 3 is 2.67 bits per heavy atom. The third-order valence-corrected chi connectivity index (χ3v) is 1.95. The highest BCUT2D eigenvalue weighted by atomic mass is 16.2. The van der Waals surface area contributed by atoms with Gasteiger partial charge in [-0.15, -0.1) is 6.58 Å². The van der Waals surface area contributed by atoms with E-state index in [1.54, 1.807) is 0 Å². The zero-order valence-electron chi connectivity index (χ0n) is 7.44. The van der Waals surface area contributed by atoms with Gasteiger partial charge in [-0.1, -0.05) is 13.0 Å². The Labute approximate surface area is 73.6 Å². The average Bonchev–Trinajstić information content (AvgIpc) is 2.10. The summed E-state index contributed by atoms with van der Waals surface area (Å²) in [6.07, 6.45) is 6.98. The molecule has 2 atom stereocenters. The van der Waals surface area contributed by atoms with E-state index in [9.17, 15) is 4.79 Å². The first-order chi connectivity index (χ1) is 5.76. The second-order valence-corrected chi connectivity index (χ2v) is 2.90. The third kappa shape index (κ3) is 3.96. The van der Waals surface area contributed by atoms with Crippen LogP contribution in [0.4, 0.5) is 0 Å². The molecule has 0 fully saturated rings. The van der Waals surface area contributed by atoms with E-state index in [-0.39, 0.29) is 11.8 Å². The van der Waals surface area contributed by atoms with Crippen molar-refractivity contribution in [1.29, 1.82) is 0 Å². The predicted molar refractivity (Wildman–Crippen MR) is 49.9 cm³/mol. The number of aliphatic hydroxyl groups is 1. The summed E-state index contributed by atoms with van der Waals surface area (Å²) in [6, 6.07) is 0. The molecule has 12 heavy (non-hydrogen) atoms. The number of carbonyl (C=O) groups excluding carboxylic acids is 1. The number of allylic oxidation sites excluding steroid dienone is 2. The fourth-order valence-corrected chi connectivity index (χ4v) is 1.04. The molecule has 0 aliphatic rings. The molecule has 0 heterocycles. The maximum absolute atomic E-state index is 10.5. The van der Waals surface area contributed by atoms with E-state index in [4.69, 9.17) is 5.11 Å². The van der Waals surface area contributed by atoms with Gasteiger partial charge in [-0.05, 0) is 24.8 Å². The maximum Gasteiger partial charge on any atom is 0.127 e. The molecule has 0 aliphatic heterocycles. The van der Waals surface area contributed by atoms with Gasteiger partial charge in [-0.2, -0.15) is 0 Å². The van der Waals surface area contributed by atoms with Crippen molar-refractivity contribution in [3.63, 3.8) is 0 Å². The van der Waals surface area contributed by atoms with E-state index in [0.29, 0.717) is 0 Å². The van der Waals surface area contributed by atoms with Crippen molar-refractivity contribution in [3.8, 4) is 0 Å². The van der Waals surface area contributed by atoms with Gasteiger partial charge >= 0.3 is 0 Å². The van der Waals surface area contributed by atoms with Crippen LogP contribution in [0.25, 0.3) is 0 Å². The summed E-state index contributed by atoms with van der Waals surface area (Å²) < 4.78 is 0. The van der Waals surface area contributed by atoms with Crippen molar-refractivity contribution in [2.24, 2.45) is 11.8 Å². The molecule has 0 saturated heterocycles. The SMILES string of the molecule is C=CCCC(C)C(C=O)C=CO. The highest BCUT2D eigenvalue weighted by molar-refractivity contribution is 5.56. The molecule has 0 aromatic heterocycles. The van der Waals surface area contributed by atoms with E-state index < -0.39 is 0 Å². The van der Waals surface area contributed by atoms with Gasteiger partial charge in [0.25, 0.3) is 0 Å². The van der Waals surface area contributed by atoms with Crippen molar-refractivity contribution in [1.82, 2.24) is 0 Å². The van der Waals surface area contributed by atoms with E-state index in [1.807, 2.05) is 13.0 Å². The molecule has 0 rings (SSSR count). The maximum atomic E-state index is 10.5. The fraction of sp³-hybridized carbons (Fsp3) is 0.500. The molecule has 0 amide bonds. The van der Waals surface area contributed by atoms with Crippen LogP contribution >= 0.6 is 0 Å². The Bertz CT molecular complexity index is 161. The number of hydrogen-bond acceptors (Lipinski definition) is 2. The van der Waals surface area contributed by atoms with Gasteiger partial charge in [0, 0.05) is 5.92 Å². The molecule has 0 aromatic rings. The van der Waals surface area contributed by atoms with Crippen LogP contribution in [0.3, 0.4) is 0 Å². The van der Waals surface area contributed by atoms with Crippen LogP contribution < -0.4 is 0 Å². The minimum absolute atomic E-state index is 0.171. The first kappa shape index (κ1) is 11.0. The normalized spacial score (nSPS) is 15.8. The minimum Gasteiger partial charge on any atom is -0.516 e. The van der Waals surface area contributed by atoms with Crippen molar-refractivity contribution >= 4 is 6.29 Å². The minimum atomic E-state index is -0.171. The smallest absolute Gasteiger partial charge is 0.127 e. The van der Waals surface area contributed by atoms with Crippen molar-refractivity contribution in [2.75, 3.05) is 0 Å². The fourth-order valence-electron chi connectivity index (χ4n) is 1.04. The van der Waals surface area contributed by atoms with Crippen LogP contribution in [0.15, 0.2) is 25.0 Å². The van der Waals surface area contributed by atoms with Crippen LogP contribution in [-0.2, 0) is 4.79 Å². The molecule has 2 heteroatoms. The Hall–Kier alpha value is -1.05. The van der Waals surface area contributed by atoms with Crippen molar-refractivity contribution < 1.29 is 9.90 Å². The highest BCUT2D eigenvalue weighted by Crippen LogP contribution is 2.16. The number of aldehydes is 1. The van der Waals surface area contributed by atoms with Crippen LogP contribution in [0.5, 0.6) is 0 Å². The summed E-state index contributed by atoms with van der Waals surface area (Å²) in [4.78, 5) is 10.5. The molecule has 0 saturated carbocycles. The van der Waals surface area contributed by atoms with Crippen LogP contribution in [0, 0.1) is 11.8 Å². The first-order valence-corrected chi connectivity index (χ1v) is 4.13. The van der Waals surface area contributed by atoms with Gasteiger partial charge in [-0.3, -0.25) is 0 Å². The first-order valence-electron chi connectivity index (χ1n) is 4.13. The Morgan fingerprint density at radius 1 is 1.58 bits per heavy atom. The molecular weight excluding hydrogens is 152 g/mol. The zero-order valence-corrected chi connectivity index (χ0v) is 7.44. The molecule has 0 aliphatic carbocycles. The Morgan fingerprint density at radius 2 is 2.25 bits per heavy atom. The molecule has 0 bridgehead atoms. The summed E-state index contributed by atoms with van der Waals surface area (Å²) >= 11 is 0. The van der Waals surface area contributed by atoms with Gasteiger partial charge in [0.1, 0.15) is 6.29 Å². The van der Waals surface area contributed by atoms with Crippen LogP contribution in [0.2, 0.25) is 0 Å². The molecule has 0 aromatic carbocycles. The van der Waals surface area contributed by atoms with Crippen LogP contribution in [0.1, 0.15) is 19.8 Å². The van der Waals surface area contributed by atoms with E-state index in [2.05, 4.69) is 6.58 Å². The quantitative estimate of drug-likeness (QED) is 0.376. The highest BCUT2D eigenvalue weighted by Gasteiger charge is 2.12. The lowest BCUT2D eigenvalue weighted by atomic mass is 9.91. The van der Waals surface area contributed by atoms with Crippen molar-refractivity contribution in [3.05, 3.63) is 25.0 Å². The van der Waals surface area contributed by atoms with Gasteiger partial charge in [-0.25, -0.2) is 0 Å². The number of hydrogen-bond donors (Lipinski definition) is 1. The largest absolute Gasteiger partial charge is 0.516 e. The summed E-state index contributed by atoms with van der Waals surface area (Å²) in [5, 5.41) is 8.48. The summed E-state index contributed by atoms with van der Waals surface area (Å²) in [5.74, 6) is 0.0962. The second-order valence-electron chi connectivity index (χ2n) is 2.90. The van der Waals surface area contributed by atoms with Crippen LogP contribution in [-0.4, -0.2) is 11.4 Å². The van der Waals surface area contributed by atoms with Gasteiger partial charge in [0.2, 0.25) is 0 Å². The van der Waals surface area contributed by atoms with Crippen molar-refractivity contribution in [2.45, 2.75) is 19.8 Å². The number of aliphatic hydroxyl groups excluding tert-OH is 1. The monoisotopic (exact) mass is 168 g/mol. The number of rotatable bonds is 6. The van der Waals surface area contributed by atoms with E-state index in [1.165, 1.54) is 6.08 Å². The van der Waals surface area contributed by atoms with Gasteiger partial charge < -0.3 is 9.90 Å². The second kappa shape index (κ2) is 6.65. The molecule has 68 valence electrons. The topological polar surface area (TPSA) is 37.3 Å². The lowest BCUT2D eigenvalue weighted by Gasteiger charge is -2.13. The molecular formula is C10H16O2. The molecule has 1 N–H and O–H groups in total. The molecule has 2 nitrogen and oxygen atoms in total. The molecule has 2 unspecified atom stereocenters. The third-order valence-electron chi connectivity index (χ3n) is 1.95. The van der Waals surface area contributed by atoms with E-state index in [0.717, 1.165) is 25.4 Å². The summed E-state index contributed by atoms with van der Waals surface area (Å²) in [5.41, 5.74) is 0. The number of carbonyl (C=O) groups is 1. The lowest BCUT2D eigenvalue weighted by molar-refractivity contribution is -0.111. The van der Waals surface area contributed by atoms with Gasteiger partial charge in [0.05, 0.1) is 6.26 Å². The van der Waals surface area contributed by atoms with E-state index >= 15 is 0 Å². The summed E-state index contributed by atoms with van der Waals surface area (Å²) in [6.45, 7) is 5.60. The lowest BCUT2D eigenvalue weighted by Crippen LogP contribution is -2.10. The average molecular weight is 168 g/mol.